The van der Waals surface area contributed by atoms with Crippen molar-refractivity contribution in [1.82, 2.24) is 20.2 Å². The highest BCUT2D eigenvalue weighted by atomic mass is 19.4. The minimum absolute atomic E-state index is 0.0466. The highest BCUT2D eigenvalue weighted by molar-refractivity contribution is 5.82. The molecule has 10 heteroatoms. The van der Waals surface area contributed by atoms with E-state index in [0.717, 1.165) is 31.5 Å². The molecule has 2 aromatic rings. The van der Waals surface area contributed by atoms with Crippen molar-refractivity contribution in [3.8, 4) is 17.5 Å². The van der Waals surface area contributed by atoms with Gasteiger partial charge in [-0.3, -0.25) is 9.59 Å². The number of aromatic amines is 1. The Labute approximate surface area is 188 Å². The van der Waals surface area contributed by atoms with E-state index < -0.39 is 17.3 Å². The normalized spacial score (nSPS) is 20.4. The summed E-state index contributed by atoms with van der Waals surface area (Å²) in [6.07, 6.45) is -1.27. The van der Waals surface area contributed by atoms with Crippen LogP contribution in [0.15, 0.2) is 29.1 Å². The number of nitrogens with zero attached hydrogens (tertiary/aromatic N) is 3. The number of nitriles is 1. The molecule has 7 nitrogen and oxygen atoms in total. The Bertz CT molecular complexity index is 1110. The number of alkyl halides is 3. The largest absolute Gasteiger partial charge is 0.416 e. The van der Waals surface area contributed by atoms with Crippen molar-refractivity contribution in [3.63, 3.8) is 0 Å². The average Bonchev–Trinajstić information content (AvgIpc) is 3.33. The maximum atomic E-state index is 13.0. The van der Waals surface area contributed by atoms with Crippen molar-refractivity contribution in [2.45, 2.75) is 56.8 Å². The summed E-state index contributed by atoms with van der Waals surface area (Å²) in [5.74, 6) is -0.0902. The molecule has 2 unspecified atom stereocenters. The molecule has 4 rings (SSSR count). The van der Waals surface area contributed by atoms with Crippen molar-refractivity contribution in [1.29, 1.82) is 5.26 Å². The van der Waals surface area contributed by atoms with E-state index in [4.69, 9.17) is 5.26 Å². The molecule has 2 N–H and O–H groups in total. The molecule has 1 aromatic carbocycles. The maximum Gasteiger partial charge on any atom is 0.416 e. The Balaban J connectivity index is 1.67. The number of aromatic nitrogens is 2. The molecule has 2 atom stereocenters. The van der Waals surface area contributed by atoms with Crippen LogP contribution in [0.25, 0.3) is 11.4 Å². The topological polar surface area (TPSA) is 102 Å². The zero-order valence-electron chi connectivity index (χ0n) is 17.9. The summed E-state index contributed by atoms with van der Waals surface area (Å²) in [7, 11) is 0. The number of hydrogen-bond donors (Lipinski definition) is 2. The lowest BCUT2D eigenvalue weighted by molar-refractivity contribution is -0.137. The summed E-state index contributed by atoms with van der Waals surface area (Å²) in [4.78, 5) is 34.9. The number of halogens is 3. The number of unbranched alkanes of at least 4 members (excludes halogenated alkanes) is 1. The second kappa shape index (κ2) is 9.35. The van der Waals surface area contributed by atoms with Crippen LogP contribution in [0.5, 0.6) is 0 Å². The number of carbonyl (C=O) groups excluding carboxylic acids is 1. The molecular formula is C23H24F3N5O2. The van der Waals surface area contributed by atoms with Gasteiger partial charge in [0.25, 0.3) is 5.56 Å². The fourth-order valence-corrected chi connectivity index (χ4v) is 4.51. The molecular weight excluding hydrogens is 435 g/mol. The number of H-pyrrole nitrogens is 1. The van der Waals surface area contributed by atoms with E-state index in [1.54, 1.807) is 4.90 Å². The number of carbonyl (C=O) groups is 1. The summed E-state index contributed by atoms with van der Waals surface area (Å²) < 4.78 is 38.7. The predicted molar refractivity (Wildman–Crippen MR) is 114 cm³/mol. The van der Waals surface area contributed by atoms with Gasteiger partial charge in [-0.15, -0.1) is 0 Å². The van der Waals surface area contributed by atoms with E-state index in [1.165, 1.54) is 12.1 Å². The van der Waals surface area contributed by atoms with Gasteiger partial charge in [-0.05, 0) is 44.4 Å². The molecule has 0 radical (unpaired) electrons. The predicted octanol–water partition coefficient (Wildman–Crippen LogP) is 3.33. The lowest BCUT2D eigenvalue weighted by Gasteiger charge is -2.35. The van der Waals surface area contributed by atoms with Gasteiger partial charge in [-0.2, -0.15) is 18.4 Å². The van der Waals surface area contributed by atoms with Crippen LogP contribution < -0.4 is 10.9 Å². The van der Waals surface area contributed by atoms with Crippen LogP contribution in [0.1, 0.15) is 54.8 Å². The lowest BCUT2D eigenvalue weighted by Crippen LogP contribution is -2.48. The Morgan fingerprint density at radius 2 is 2.03 bits per heavy atom. The average molecular weight is 459 g/mol. The van der Waals surface area contributed by atoms with Gasteiger partial charge < -0.3 is 15.2 Å². The second-order valence-corrected chi connectivity index (χ2v) is 8.47. The molecule has 3 heterocycles. The highest BCUT2D eigenvalue weighted by Gasteiger charge is 2.35. The fourth-order valence-electron chi connectivity index (χ4n) is 4.51. The lowest BCUT2D eigenvalue weighted by atomic mass is 9.90. The van der Waals surface area contributed by atoms with E-state index in [-0.39, 0.29) is 30.2 Å². The van der Waals surface area contributed by atoms with Crippen LogP contribution in [0, 0.1) is 11.3 Å². The molecule has 174 valence electrons. The van der Waals surface area contributed by atoms with Crippen LogP contribution >= 0.6 is 0 Å². The van der Waals surface area contributed by atoms with Gasteiger partial charge in [0.2, 0.25) is 5.91 Å². The first kappa shape index (κ1) is 23.0. The second-order valence-electron chi connectivity index (χ2n) is 8.47. The van der Waals surface area contributed by atoms with Gasteiger partial charge >= 0.3 is 6.18 Å². The smallest absolute Gasteiger partial charge is 0.336 e. The zero-order chi connectivity index (χ0) is 23.6. The molecule has 0 spiro atoms. The zero-order valence-corrected chi connectivity index (χ0v) is 17.9. The first-order valence-electron chi connectivity index (χ1n) is 11.0. The Kier molecular flexibility index (Phi) is 6.51. The molecule has 0 bridgehead atoms. The standard InChI is InChI=1S/C23H24F3N5O2/c24-23(25,26)16-8-6-14(7-9-16)20-29-19-15(4-1-2-10-27)12-31(13-17(19)21(32)30-20)22(33)18-5-3-11-28-18/h6-9,15,18,28H,1-5,11-13H2,(H,29,30,32). The number of hydrogen-bond acceptors (Lipinski definition) is 5. The van der Waals surface area contributed by atoms with Crippen molar-refractivity contribution in [2.24, 2.45) is 0 Å². The van der Waals surface area contributed by atoms with E-state index in [1.807, 2.05) is 0 Å². The highest BCUT2D eigenvalue weighted by Crippen LogP contribution is 2.33. The summed E-state index contributed by atoms with van der Waals surface area (Å²) in [5.41, 5.74) is 0.125. The number of amides is 1. The molecule has 1 fully saturated rings. The third-order valence-electron chi connectivity index (χ3n) is 6.22. The summed E-state index contributed by atoms with van der Waals surface area (Å²) in [6.45, 7) is 1.31. The van der Waals surface area contributed by atoms with Gasteiger partial charge in [-0.25, -0.2) is 4.98 Å². The van der Waals surface area contributed by atoms with E-state index in [2.05, 4.69) is 21.4 Å². The number of fused-ring (bicyclic) bond motifs is 1. The van der Waals surface area contributed by atoms with Crippen molar-refractivity contribution >= 4 is 5.91 Å². The van der Waals surface area contributed by atoms with Gasteiger partial charge in [0, 0.05) is 24.4 Å². The van der Waals surface area contributed by atoms with Crippen molar-refractivity contribution < 1.29 is 18.0 Å². The van der Waals surface area contributed by atoms with Crippen LogP contribution in [0.4, 0.5) is 13.2 Å². The number of rotatable bonds is 5. The Morgan fingerprint density at radius 1 is 1.27 bits per heavy atom. The molecule has 0 aliphatic carbocycles. The number of nitrogens with one attached hydrogen (secondary N) is 2. The van der Waals surface area contributed by atoms with E-state index >= 15 is 0 Å². The molecule has 2 aliphatic heterocycles. The van der Waals surface area contributed by atoms with Crippen molar-refractivity contribution in [2.75, 3.05) is 13.1 Å². The molecule has 1 aromatic heterocycles. The molecule has 0 saturated carbocycles. The van der Waals surface area contributed by atoms with Gasteiger partial charge in [0.05, 0.1) is 35.5 Å². The third-order valence-corrected chi connectivity index (χ3v) is 6.22. The molecule has 33 heavy (non-hydrogen) atoms. The van der Waals surface area contributed by atoms with Crippen LogP contribution in [-0.2, 0) is 17.5 Å². The SMILES string of the molecule is N#CCCCC1CN(C(=O)C2CCCN2)Cc2c1nc(-c1ccc(C(F)(F)F)cc1)[nH]c2=O. The van der Waals surface area contributed by atoms with Gasteiger partial charge in [-0.1, -0.05) is 12.1 Å². The van der Waals surface area contributed by atoms with Crippen LogP contribution in [-0.4, -0.2) is 39.9 Å². The monoisotopic (exact) mass is 459 g/mol. The Morgan fingerprint density at radius 3 is 2.67 bits per heavy atom. The van der Waals surface area contributed by atoms with Crippen LogP contribution in [0.3, 0.4) is 0 Å². The minimum Gasteiger partial charge on any atom is -0.336 e. The summed E-state index contributed by atoms with van der Waals surface area (Å²) in [6, 6.07) is 6.31. The van der Waals surface area contributed by atoms with E-state index in [0.29, 0.717) is 42.6 Å². The quantitative estimate of drug-likeness (QED) is 0.668. The fraction of sp³-hybridized carbons (Fsp3) is 0.478. The summed E-state index contributed by atoms with van der Waals surface area (Å²) >= 11 is 0. The molecule has 2 aliphatic rings. The minimum atomic E-state index is -4.45. The van der Waals surface area contributed by atoms with Crippen molar-refractivity contribution in [3.05, 3.63) is 51.4 Å². The Hall–Kier alpha value is -3.19. The third kappa shape index (κ3) is 4.93. The van der Waals surface area contributed by atoms with E-state index in [9.17, 15) is 22.8 Å². The van der Waals surface area contributed by atoms with Gasteiger partial charge in [0.15, 0.2) is 0 Å². The first-order valence-corrected chi connectivity index (χ1v) is 11.0. The van der Waals surface area contributed by atoms with Crippen LogP contribution in [0.2, 0.25) is 0 Å². The summed E-state index contributed by atoms with van der Waals surface area (Å²) in [5, 5.41) is 12.1. The maximum absolute atomic E-state index is 13.0. The number of benzene rings is 1. The molecule has 1 amide bonds. The van der Waals surface area contributed by atoms with Gasteiger partial charge in [0.1, 0.15) is 5.82 Å². The first-order chi connectivity index (χ1) is 15.8. The molecule has 1 saturated heterocycles.